The van der Waals surface area contributed by atoms with E-state index in [0.717, 1.165) is 61.9 Å². The molecule has 1 aromatic heterocycles. The minimum atomic E-state index is -0.159. The summed E-state index contributed by atoms with van der Waals surface area (Å²) in [4.78, 5) is 2.48. The molecule has 0 bridgehead atoms. The molecule has 58 heavy (non-hydrogen) atoms. The van der Waals surface area contributed by atoms with Crippen molar-refractivity contribution in [3.05, 3.63) is 210 Å². The van der Waals surface area contributed by atoms with Gasteiger partial charge in [-0.15, -0.1) is 0 Å². The molecule has 0 spiro atoms. The van der Waals surface area contributed by atoms with E-state index in [1.54, 1.807) is 0 Å². The van der Waals surface area contributed by atoms with Crippen molar-refractivity contribution >= 4 is 49.8 Å². The van der Waals surface area contributed by atoms with Gasteiger partial charge in [-0.05, 0) is 109 Å². The molecule has 0 atom stereocenters. The lowest BCUT2D eigenvalue weighted by Crippen LogP contribution is -2.17. The lowest BCUT2D eigenvalue weighted by Gasteiger charge is -2.30. The first kappa shape index (κ1) is 33.0. The number of rotatable bonds is 5. The topological polar surface area (TPSA) is 16.4 Å². The molecule has 9 aromatic carbocycles. The van der Waals surface area contributed by atoms with Crippen molar-refractivity contribution in [1.82, 2.24) is 0 Å². The van der Waals surface area contributed by atoms with Gasteiger partial charge in [0.15, 0.2) is 5.58 Å². The predicted molar refractivity (Wildman–Crippen MR) is 243 cm³/mol. The van der Waals surface area contributed by atoms with Crippen molar-refractivity contribution in [2.24, 2.45) is 0 Å². The second kappa shape index (κ2) is 12.4. The Labute approximate surface area is 338 Å². The number of anilines is 3. The van der Waals surface area contributed by atoms with Gasteiger partial charge in [0, 0.05) is 38.5 Å². The Bertz CT molecular complexity index is 3280. The second-order valence-electron chi connectivity index (χ2n) is 16.4. The molecule has 2 aliphatic carbocycles. The van der Waals surface area contributed by atoms with Crippen molar-refractivity contribution in [3.8, 4) is 44.5 Å². The van der Waals surface area contributed by atoms with E-state index < -0.39 is 0 Å². The van der Waals surface area contributed by atoms with Crippen molar-refractivity contribution < 1.29 is 4.42 Å². The van der Waals surface area contributed by atoms with Gasteiger partial charge < -0.3 is 9.32 Å². The molecule has 10 aromatic rings. The lowest BCUT2D eigenvalue weighted by atomic mass is 9.82. The quantitative estimate of drug-likeness (QED) is 0.175. The number of nitrogens with zero attached hydrogens (tertiary/aromatic N) is 1. The zero-order chi connectivity index (χ0) is 38.5. The molecule has 274 valence electrons. The van der Waals surface area contributed by atoms with E-state index in [1.165, 1.54) is 61.0 Å². The molecular formula is C56H39NO. The highest BCUT2D eigenvalue weighted by Crippen LogP contribution is 2.54. The predicted octanol–water partition coefficient (Wildman–Crippen LogP) is 15.4. The highest BCUT2D eigenvalue weighted by Gasteiger charge is 2.36. The van der Waals surface area contributed by atoms with Crippen LogP contribution in [0.2, 0.25) is 0 Å². The van der Waals surface area contributed by atoms with Crippen LogP contribution < -0.4 is 4.90 Å². The highest BCUT2D eigenvalue weighted by molar-refractivity contribution is 6.22. The van der Waals surface area contributed by atoms with E-state index in [2.05, 4.69) is 207 Å². The maximum atomic E-state index is 7.36. The molecule has 0 N–H and O–H groups in total. The molecule has 1 heterocycles. The van der Waals surface area contributed by atoms with Gasteiger partial charge in [0.1, 0.15) is 5.58 Å². The summed E-state index contributed by atoms with van der Waals surface area (Å²) in [6.07, 6.45) is 0.911. The first-order chi connectivity index (χ1) is 28.5. The Morgan fingerprint density at radius 3 is 1.76 bits per heavy atom. The fourth-order valence-electron chi connectivity index (χ4n) is 10.1. The molecule has 2 nitrogen and oxygen atoms in total. The number of benzene rings is 9. The fraction of sp³-hybridized carbons (Fsp3) is 0.0714. The molecule has 0 unspecified atom stereocenters. The second-order valence-corrected chi connectivity index (χ2v) is 16.4. The summed E-state index contributed by atoms with van der Waals surface area (Å²) in [5, 5.41) is 4.50. The zero-order valence-electron chi connectivity index (χ0n) is 32.5. The zero-order valence-corrected chi connectivity index (χ0v) is 32.5. The summed E-state index contributed by atoms with van der Waals surface area (Å²) in [6.45, 7) is 4.73. The fourth-order valence-corrected chi connectivity index (χ4v) is 10.1. The Morgan fingerprint density at radius 1 is 0.397 bits per heavy atom. The summed E-state index contributed by atoms with van der Waals surface area (Å²) in [5.74, 6) is 0. The van der Waals surface area contributed by atoms with Crippen LogP contribution in [0.1, 0.15) is 36.1 Å². The monoisotopic (exact) mass is 741 g/mol. The van der Waals surface area contributed by atoms with Crippen LogP contribution in [-0.2, 0) is 11.8 Å². The van der Waals surface area contributed by atoms with Gasteiger partial charge in [0.25, 0.3) is 0 Å². The van der Waals surface area contributed by atoms with E-state index >= 15 is 0 Å². The average molecular weight is 742 g/mol. The summed E-state index contributed by atoms with van der Waals surface area (Å²) in [7, 11) is 0. The minimum absolute atomic E-state index is 0.159. The first-order valence-electron chi connectivity index (χ1n) is 20.3. The van der Waals surface area contributed by atoms with Gasteiger partial charge in [-0.25, -0.2) is 0 Å². The maximum absolute atomic E-state index is 7.36. The van der Waals surface area contributed by atoms with Crippen LogP contribution in [0.3, 0.4) is 0 Å². The van der Waals surface area contributed by atoms with Crippen molar-refractivity contribution in [2.75, 3.05) is 4.90 Å². The van der Waals surface area contributed by atoms with Crippen LogP contribution in [-0.4, -0.2) is 0 Å². The highest BCUT2D eigenvalue weighted by atomic mass is 16.3. The molecular weight excluding hydrogens is 703 g/mol. The van der Waals surface area contributed by atoms with Crippen molar-refractivity contribution in [3.63, 3.8) is 0 Å². The van der Waals surface area contributed by atoms with Gasteiger partial charge in [-0.1, -0.05) is 166 Å². The molecule has 0 amide bonds. The summed E-state index contributed by atoms with van der Waals surface area (Å²) >= 11 is 0. The van der Waals surface area contributed by atoms with E-state index in [-0.39, 0.29) is 5.41 Å². The largest absolute Gasteiger partial charge is 0.453 e. The number of hydrogen-bond donors (Lipinski definition) is 0. The standard InChI is InChI=1S/C56H39NO/c1-56(2)51-24-14-13-22-45(51)46-28-26-40(33-52(46)56)57(39-25-27-42-38(32-39)31-37-19-9-10-20-41(37)42)53-43(35-15-5-3-6-16-35)29-30-48-50-34-49(36-17-7-4-8-18-36)44-21-11-12-23-47(44)54(50)58-55(48)53/h3-30,32-34H,31H2,1-2H3. The van der Waals surface area contributed by atoms with Crippen LogP contribution in [0.15, 0.2) is 192 Å². The molecule has 12 rings (SSSR count). The van der Waals surface area contributed by atoms with Crippen LogP contribution in [0.5, 0.6) is 0 Å². The molecule has 0 fully saturated rings. The third-order valence-corrected chi connectivity index (χ3v) is 12.9. The lowest BCUT2D eigenvalue weighted by molar-refractivity contribution is 0.660. The Balaban J connectivity index is 1.18. The summed E-state index contributed by atoms with van der Waals surface area (Å²) in [5.41, 5.74) is 20.2. The van der Waals surface area contributed by atoms with Crippen LogP contribution in [0.25, 0.3) is 77.2 Å². The smallest absolute Gasteiger partial charge is 0.160 e. The number of hydrogen-bond acceptors (Lipinski definition) is 2. The van der Waals surface area contributed by atoms with Crippen molar-refractivity contribution in [2.45, 2.75) is 25.7 Å². The van der Waals surface area contributed by atoms with Gasteiger partial charge >= 0.3 is 0 Å². The van der Waals surface area contributed by atoms with E-state index in [0.29, 0.717) is 0 Å². The normalized spacial score (nSPS) is 13.4. The number of fused-ring (bicyclic) bond motifs is 11. The average Bonchev–Trinajstić information content (AvgIpc) is 3.92. The molecule has 2 aliphatic rings. The Kier molecular flexibility index (Phi) is 7.07. The van der Waals surface area contributed by atoms with E-state index in [1.807, 2.05) is 0 Å². The molecule has 0 saturated carbocycles. The number of furan rings is 1. The molecule has 0 aliphatic heterocycles. The SMILES string of the molecule is CC1(C)c2ccccc2-c2ccc(N(c3ccc4c(c3)Cc3ccccc3-4)c3c(-c4ccccc4)ccc4c3oc3c5ccccc5c(-c5ccccc5)cc43)cc21. The minimum Gasteiger partial charge on any atom is -0.453 e. The maximum Gasteiger partial charge on any atom is 0.160 e. The first-order valence-corrected chi connectivity index (χ1v) is 20.3. The summed E-state index contributed by atoms with van der Waals surface area (Å²) in [6, 6.07) is 69.0. The third-order valence-electron chi connectivity index (χ3n) is 12.9. The summed E-state index contributed by atoms with van der Waals surface area (Å²) < 4.78 is 7.36. The van der Waals surface area contributed by atoms with Crippen molar-refractivity contribution in [1.29, 1.82) is 0 Å². The Morgan fingerprint density at radius 2 is 0.966 bits per heavy atom. The van der Waals surface area contributed by atoms with Crippen LogP contribution in [0.4, 0.5) is 17.1 Å². The van der Waals surface area contributed by atoms with Crippen LogP contribution in [0, 0.1) is 0 Å². The molecule has 0 radical (unpaired) electrons. The van der Waals surface area contributed by atoms with E-state index in [4.69, 9.17) is 4.42 Å². The van der Waals surface area contributed by atoms with E-state index in [9.17, 15) is 0 Å². The molecule has 2 heteroatoms. The van der Waals surface area contributed by atoms with Crippen LogP contribution >= 0.6 is 0 Å². The van der Waals surface area contributed by atoms with Gasteiger partial charge in [-0.3, -0.25) is 0 Å². The van der Waals surface area contributed by atoms with Gasteiger partial charge in [-0.2, -0.15) is 0 Å². The Hall–Kier alpha value is -7.16. The van der Waals surface area contributed by atoms with Gasteiger partial charge in [0.2, 0.25) is 0 Å². The molecule has 0 saturated heterocycles. The third kappa shape index (κ3) is 4.79. The van der Waals surface area contributed by atoms with Gasteiger partial charge in [0.05, 0.1) is 5.69 Å².